The van der Waals surface area contributed by atoms with Crippen molar-refractivity contribution < 1.29 is 19.5 Å². The number of hydrazine groups is 1. The Kier molecular flexibility index (Phi) is 4.89. The average molecular weight is 243 g/mol. The van der Waals surface area contributed by atoms with Gasteiger partial charge in [0.05, 0.1) is 12.5 Å². The summed E-state index contributed by atoms with van der Waals surface area (Å²) in [6.07, 6.45) is 1.12. The van der Waals surface area contributed by atoms with Gasteiger partial charge in [0.2, 0.25) is 5.91 Å². The highest BCUT2D eigenvalue weighted by Gasteiger charge is 2.25. The molecule has 7 nitrogen and oxygen atoms in total. The van der Waals surface area contributed by atoms with Crippen LogP contribution in [0, 0.1) is 5.92 Å². The maximum absolute atomic E-state index is 11.3. The fraction of sp³-hybridized carbons (Fsp3) is 0.700. The highest BCUT2D eigenvalue weighted by Crippen LogP contribution is 2.16. The van der Waals surface area contributed by atoms with Crippen molar-refractivity contribution in [2.24, 2.45) is 5.92 Å². The predicted molar refractivity (Wildman–Crippen MR) is 58.8 cm³/mol. The number of hydrogen-bond acceptors (Lipinski definition) is 4. The second-order valence-electron chi connectivity index (χ2n) is 4.12. The fourth-order valence-electron chi connectivity index (χ4n) is 1.74. The number of carboxylic acids is 1. The third-order valence-electron chi connectivity index (χ3n) is 2.68. The number of carbonyl (C=O) groups excluding carboxylic acids is 2. The van der Waals surface area contributed by atoms with Gasteiger partial charge in [0.15, 0.2) is 0 Å². The molecule has 0 atom stereocenters. The smallest absolute Gasteiger partial charge is 0.306 e. The molecule has 1 rings (SSSR count). The summed E-state index contributed by atoms with van der Waals surface area (Å²) in [6, 6.07) is 0. The van der Waals surface area contributed by atoms with E-state index in [0.717, 1.165) is 0 Å². The highest BCUT2D eigenvalue weighted by atomic mass is 16.4. The van der Waals surface area contributed by atoms with E-state index in [1.54, 1.807) is 0 Å². The van der Waals surface area contributed by atoms with Gasteiger partial charge in [-0.2, -0.15) is 0 Å². The maximum Gasteiger partial charge on any atom is 0.306 e. The van der Waals surface area contributed by atoms with Crippen molar-refractivity contribution in [2.45, 2.75) is 19.8 Å². The van der Waals surface area contributed by atoms with E-state index in [2.05, 4.69) is 10.9 Å². The first-order chi connectivity index (χ1) is 7.99. The van der Waals surface area contributed by atoms with Gasteiger partial charge in [-0.05, 0) is 25.9 Å². The molecule has 7 heteroatoms. The summed E-state index contributed by atoms with van der Waals surface area (Å²) in [5, 5.41) is 8.81. The summed E-state index contributed by atoms with van der Waals surface area (Å²) in [4.78, 5) is 34.5. The zero-order chi connectivity index (χ0) is 12.8. The topological polar surface area (TPSA) is 98.7 Å². The Labute approximate surface area is 99.1 Å². The van der Waals surface area contributed by atoms with Crippen molar-refractivity contribution in [3.05, 3.63) is 0 Å². The Hall–Kier alpha value is -1.63. The third-order valence-corrected chi connectivity index (χ3v) is 2.68. The number of hydrogen-bond donors (Lipinski definition) is 3. The van der Waals surface area contributed by atoms with Gasteiger partial charge in [0.25, 0.3) is 5.91 Å². The first-order valence-corrected chi connectivity index (χ1v) is 5.49. The van der Waals surface area contributed by atoms with Crippen molar-refractivity contribution in [3.63, 3.8) is 0 Å². The van der Waals surface area contributed by atoms with Crippen LogP contribution in [0.2, 0.25) is 0 Å². The van der Waals surface area contributed by atoms with Crippen LogP contribution >= 0.6 is 0 Å². The molecule has 2 amide bonds. The molecule has 0 aliphatic carbocycles. The van der Waals surface area contributed by atoms with E-state index >= 15 is 0 Å². The molecule has 0 bridgehead atoms. The molecule has 0 aromatic heterocycles. The normalized spacial score (nSPS) is 17.5. The minimum absolute atomic E-state index is 0.173. The minimum Gasteiger partial charge on any atom is -0.481 e. The first-order valence-electron chi connectivity index (χ1n) is 5.49. The van der Waals surface area contributed by atoms with Crippen LogP contribution in [0.3, 0.4) is 0 Å². The second kappa shape index (κ2) is 6.19. The largest absolute Gasteiger partial charge is 0.481 e. The zero-order valence-electron chi connectivity index (χ0n) is 9.73. The molecule has 1 aliphatic rings. The van der Waals surface area contributed by atoms with Crippen molar-refractivity contribution in [1.29, 1.82) is 0 Å². The number of nitrogens with one attached hydrogen (secondary N) is 2. The van der Waals surface area contributed by atoms with E-state index in [1.807, 2.05) is 4.90 Å². The fourth-order valence-corrected chi connectivity index (χ4v) is 1.74. The predicted octanol–water partition coefficient (Wildman–Crippen LogP) is -1.05. The second-order valence-corrected chi connectivity index (χ2v) is 4.12. The molecule has 1 fully saturated rings. The van der Waals surface area contributed by atoms with Crippen LogP contribution in [0.5, 0.6) is 0 Å². The Morgan fingerprint density at radius 2 is 1.82 bits per heavy atom. The molecule has 1 aliphatic heterocycles. The third kappa shape index (κ3) is 4.81. The molecule has 0 saturated carbocycles. The summed E-state index contributed by atoms with van der Waals surface area (Å²) >= 11 is 0. The molecule has 0 aromatic carbocycles. The molecule has 0 radical (unpaired) electrons. The van der Waals surface area contributed by atoms with Crippen LogP contribution in [-0.2, 0) is 14.4 Å². The summed E-state index contributed by atoms with van der Waals surface area (Å²) in [5.74, 6) is -1.70. The molecular weight excluding hydrogens is 226 g/mol. The summed E-state index contributed by atoms with van der Waals surface area (Å²) < 4.78 is 0. The lowest BCUT2D eigenvalue weighted by Crippen LogP contribution is -2.47. The number of piperidine rings is 1. The molecule has 1 heterocycles. The van der Waals surface area contributed by atoms with Crippen molar-refractivity contribution in [2.75, 3.05) is 19.6 Å². The van der Waals surface area contributed by atoms with Crippen molar-refractivity contribution >= 4 is 17.8 Å². The molecule has 1 saturated heterocycles. The van der Waals surface area contributed by atoms with Gasteiger partial charge in [-0.1, -0.05) is 0 Å². The van der Waals surface area contributed by atoms with E-state index in [4.69, 9.17) is 5.11 Å². The summed E-state index contributed by atoms with van der Waals surface area (Å²) in [5.41, 5.74) is 4.47. The highest BCUT2D eigenvalue weighted by molar-refractivity contribution is 5.82. The SMILES string of the molecule is CC(=O)NNC(=O)CN1CCC(C(=O)O)CC1. The van der Waals surface area contributed by atoms with Crippen molar-refractivity contribution in [1.82, 2.24) is 15.8 Å². The van der Waals surface area contributed by atoms with Gasteiger partial charge in [-0.25, -0.2) is 0 Å². The molecule has 96 valence electrons. The van der Waals surface area contributed by atoms with E-state index in [9.17, 15) is 14.4 Å². The standard InChI is InChI=1S/C10H17N3O4/c1-7(14)11-12-9(15)6-13-4-2-8(3-5-13)10(16)17/h8H,2-6H2,1H3,(H,11,14)(H,12,15)(H,16,17). The molecule has 17 heavy (non-hydrogen) atoms. The van der Waals surface area contributed by atoms with E-state index in [0.29, 0.717) is 25.9 Å². The Morgan fingerprint density at radius 3 is 2.29 bits per heavy atom. The number of carboxylic acid groups (broad SMARTS) is 1. The van der Waals surface area contributed by atoms with Gasteiger partial charge in [-0.3, -0.25) is 30.1 Å². The van der Waals surface area contributed by atoms with Crippen LogP contribution in [0.1, 0.15) is 19.8 Å². The quantitative estimate of drug-likeness (QED) is 0.549. The van der Waals surface area contributed by atoms with Crippen LogP contribution in [0.15, 0.2) is 0 Å². The number of nitrogens with zero attached hydrogens (tertiary/aromatic N) is 1. The Morgan fingerprint density at radius 1 is 1.24 bits per heavy atom. The first kappa shape index (κ1) is 13.4. The minimum atomic E-state index is -0.771. The van der Waals surface area contributed by atoms with Crippen LogP contribution < -0.4 is 10.9 Å². The molecule has 0 aromatic rings. The monoisotopic (exact) mass is 243 g/mol. The van der Waals surface area contributed by atoms with Gasteiger partial charge >= 0.3 is 5.97 Å². The molecular formula is C10H17N3O4. The van der Waals surface area contributed by atoms with E-state index < -0.39 is 5.97 Å². The van der Waals surface area contributed by atoms with Gasteiger partial charge in [0, 0.05) is 6.92 Å². The lowest BCUT2D eigenvalue weighted by molar-refractivity contribution is -0.143. The number of aliphatic carboxylic acids is 1. The van der Waals surface area contributed by atoms with E-state index in [1.165, 1.54) is 6.92 Å². The van der Waals surface area contributed by atoms with Crippen LogP contribution in [0.25, 0.3) is 0 Å². The lowest BCUT2D eigenvalue weighted by atomic mass is 9.97. The van der Waals surface area contributed by atoms with Gasteiger partial charge in [-0.15, -0.1) is 0 Å². The summed E-state index contributed by atoms with van der Waals surface area (Å²) in [7, 11) is 0. The number of rotatable bonds is 3. The number of carbonyl (C=O) groups is 3. The molecule has 3 N–H and O–H groups in total. The van der Waals surface area contributed by atoms with Crippen molar-refractivity contribution in [3.8, 4) is 0 Å². The van der Waals surface area contributed by atoms with Crippen LogP contribution in [0.4, 0.5) is 0 Å². The number of likely N-dealkylation sites (tertiary alicyclic amines) is 1. The lowest BCUT2D eigenvalue weighted by Gasteiger charge is -2.29. The molecule has 0 unspecified atom stereocenters. The van der Waals surface area contributed by atoms with Gasteiger partial charge in [0.1, 0.15) is 0 Å². The Bertz CT molecular complexity index is 311. The van der Waals surface area contributed by atoms with Crippen LogP contribution in [-0.4, -0.2) is 47.4 Å². The van der Waals surface area contributed by atoms with Gasteiger partial charge < -0.3 is 5.11 Å². The molecule has 0 spiro atoms. The number of amides is 2. The van der Waals surface area contributed by atoms with E-state index in [-0.39, 0.29) is 24.3 Å². The Balaban J connectivity index is 2.23. The maximum atomic E-state index is 11.3. The zero-order valence-corrected chi connectivity index (χ0v) is 9.73. The average Bonchev–Trinajstić information content (AvgIpc) is 2.27. The summed E-state index contributed by atoms with van der Waals surface area (Å²) in [6.45, 7) is 2.65.